The van der Waals surface area contributed by atoms with E-state index in [-0.39, 0.29) is 12.5 Å². The molecule has 1 aromatic heterocycles. The Morgan fingerprint density at radius 3 is 1.68 bits per heavy atom. The predicted molar refractivity (Wildman–Crippen MR) is 145 cm³/mol. The summed E-state index contributed by atoms with van der Waals surface area (Å²) < 4.78 is 7.50. The number of nitrogens with one attached hydrogen (secondary N) is 1. The largest absolute Gasteiger partial charge is 0.375 e. The quantitative estimate of drug-likeness (QED) is 0.257. The predicted octanol–water partition coefficient (Wildman–Crippen LogP) is 5.69. The Bertz CT molecular complexity index is 1280. The molecule has 184 valence electrons. The fourth-order valence-electron chi connectivity index (χ4n) is 4.68. The fourth-order valence-corrected chi connectivity index (χ4v) is 4.68. The second-order valence-corrected chi connectivity index (χ2v) is 8.83. The van der Waals surface area contributed by atoms with Gasteiger partial charge >= 0.3 is 0 Å². The van der Waals surface area contributed by atoms with E-state index in [1.807, 2.05) is 84.9 Å². The third-order valence-corrected chi connectivity index (χ3v) is 6.44. The normalized spacial score (nSPS) is 12.2. The molecule has 1 heterocycles. The van der Waals surface area contributed by atoms with Crippen molar-refractivity contribution in [3.05, 3.63) is 162 Å². The average molecular weight is 488 g/mol. The van der Waals surface area contributed by atoms with Gasteiger partial charge in [-0.05, 0) is 28.3 Å². The Balaban J connectivity index is 1.59. The van der Waals surface area contributed by atoms with Gasteiger partial charge in [-0.25, -0.2) is 4.68 Å². The van der Waals surface area contributed by atoms with Gasteiger partial charge in [-0.15, -0.1) is 0 Å². The van der Waals surface area contributed by atoms with Gasteiger partial charge < -0.3 is 4.74 Å². The van der Waals surface area contributed by atoms with Crippen LogP contribution < -0.4 is 5.32 Å². The molecule has 0 bridgehead atoms. The van der Waals surface area contributed by atoms with Gasteiger partial charge in [-0.2, -0.15) is 5.10 Å². The lowest BCUT2D eigenvalue weighted by Crippen LogP contribution is -2.55. The van der Waals surface area contributed by atoms with E-state index >= 15 is 0 Å². The van der Waals surface area contributed by atoms with E-state index in [9.17, 15) is 4.79 Å². The number of rotatable bonds is 10. The smallest absolute Gasteiger partial charge is 0.266 e. The van der Waals surface area contributed by atoms with Crippen molar-refractivity contribution < 1.29 is 9.53 Å². The zero-order valence-corrected chi connectivity index (χ0v) is 20.5. The van der Waals surface area contributed by atoms with Gasteiger partial charge in [0.1, 0.15) is 6.04 Å². The molecule has 0 aliphatic heterocycles. The van der Waals surface area contributed by atoms with Crippen LogP contribution in [0.25, 0.3) is 0 Å². The summed E-state index contributed by atoms with van der Waals surface area (Å²) in [6.07, 6.45) is 3.28. The van der Waals surface area contributed by atoms with Crippen molar-refractivity contribution in [2.24, 2.45) is 0 Å². The molecule has 0 saturated carbocycles. The first-order valence-corrected chi connectivity index (χ1v) is 12.4. The summed E-state index contributed by atoms with van der Waals surface area (Å²) in [7, 11) is 0. The molecule has 0 aliphatic rings. The number of aromatic nitrogens is 2. The van der Waals surface area contributed by atoms with Crippen LogP contribution in [0.5, 0.6) is 0 Å². The number of hydrogen-bond donors (Lipinski definition) is 1. The summed E-state index contributed by atoms with van der Waals surface area (Å²) in [6.45, 7) is 0.572. The summed E-state index contributed by atoms with van der Waals surface area (Å²) in [4.78, 5) is 13.8. The summed E-state index contributed by atoms with van der Waals surface area (Å²) in [6, 6.07) is 41.7. The maximum absolute atomic E-state index is 13.8. The first-order valence-electron chi connectivity index (χ1n) is 12.4. The molecule has 0 radical (unpaired) electrons. The molecule has 0 amide bonds. The zero-order valence-electron chi connectivity index (χ0n) is 20.5. The van der Waals surface area contributed by atoms with Gasteiger partial charge in [0.2, 0.25) is 0 Å². The van der Waals surface area contributed by atoms with Crippen LogP contribution >= 0.6 is 0 Å². The first kappa shape index (κ1) is 24.4. The summed E-state index contributed by atoms with van der Waals surface area (Å²) in [5, 5.41) is 7.98. The van der Waals surface area contributed by atoms with E-state index in [1.54, 1.807) is 18.5 Å². The Hall–Kier alpha value is -4.32. The van der Waals surface area contributed by atoms with Crippen molar-refractivity contribution in [2.45, 2.75) is 18.2 Å². The number of carbonyl (C=O) groups excluding carboxylic acids is 1. The topological polar surface area (TPSA) is 56.1 Å². The number of hydrogen-bond acceptors (Lipinski definition) is 4. The molecular formula is C32H29N3O2. The van der Waals surface area contributed by atoms with E-state index in [1.165, 1.54) is 4.68 Å². The Morgan fingerprint density at radius 2 is 1.22 bits per heavy atom. The molecule has 0 saturated heterocycles. The van der Waals surface area contributed by atoms with E-state index < -0.39 is 11.6 Å². The van der Waals surface area contributed by atoms with Crippen molar-refractivity contribution >= 4 is 5.91 Å². The van der Waals surface area contributed by atoms with E-state index in [2.05, 4.69) is 46.8 Å². The number of nitrogens with zero attached hydrogens (tertiary/aromatic N) is 2. The van der Waals surface area contributed by atoms with Crippen LogP contribution in [0, 0.1) is 0 Å². The number of ether oxygens (including phenoxy) is 1. The van der Waals surface area contributed by atoms with Crippen molar-refractivity contribution in [1.82, 2.24) is 15.1 Å². The second-order valence-electron chi connectivity index (χ2n) is 8.83. The maximum atomic E-state index is 13.8. The minimum atomic E-state index is -0.812. The molecule has 37 heavy (non-hydrogen) atoms. The molecule has 0 spiro atoms. The third-order valence-electron chi connectivity index (χ3n) is 6.44. The first-order chi connectivity index (χ1) is 18.3. The van der Waals surface area contributed by atoms with Crippen LogP contribution in [0.2, 0.25) is 0 Å². The molecule has 1 atom stereocenters. The van der Waals surface area contributed by atoms with Gasteiger partial charge in [0.05, 0.1) is 18.8 Å². The third kappa shape index (κ3) is 5.43. The highest BCUT2D eigenvalue weighted by atomic mass is 16.5. The molecule has 5 aromatic rings. The minimum absolute atomic E-state index is 0.168. The van der Waals surface area contributed by atoms with Crippen LogP contribution in [0.1, 0.15) is 27.0 Å². The lowest BCUT2D eigenvalue weighted by atomic mass is 9.76. The van der Waals surface area contributed by atoms with E-state index in [0.29, 0.717) is 6.61 Å². The molecule has 0 aliphatic carbocycles. The monoisotopic (exact) mass is 487 g/mol. The Labute approximate surface area is 217 Å². The zero-order chi connectivity index (χ0) is 25.3. The second kappa shape index (κ2) is 11.6. The van der Waals surface area contributed by atoms with E-state index in [0.717, 1.165) is 22.3 Å². The molecule has 5 heteroatoms. The van der Waals surface area contributed by atoms with Crippen LogP contribution in [0.3, 0.4) is 0 Å². The van der Waals surface area contributed by atoms with Crippen molar-refractivity contribution in [1.29, 1.82) is 0 Å². The summed E-state index contributed by atoms with van der Waals surface area (Å²) >= 11 is 0. The highest BCUT2D eigenvalue weighted by molar-refractivity contribution is 5.84. The van der Waals surface area contributed by atoms with Gasteiger partial charge in [0.25, 0.3) is 5.91 Å². The Morgan fingerprint density at radius 1 is 0.730 bits per heavy atom. The van der Waals surface area contributed by atoms with Crippen molar-refractivity contribution in [2.75, 3.05) is 6.61 Å². The van der Waals surface area contributed by atoms with Gasteiger partial charge in [0.15, 0.2) is 0 Å². The van der Waals surface area contributed by atoms with Crippen molar-refractivity contribution in [3.63, 3.8) is 0 Å². The SMILES string of the molecule is O=C([C@H](COCc1ccccc1)NC(c1ccccc1)(c1ccccc1)c1ccccc1)n1cccn1. The van der Waals surface area contributed by atoms with Crippen LogP contribution in [0.4, 0.5) is 0 Å². The highest BCUT2D eigenvalue weighted by Crippen LogP contribution is 2.37. The molecule has 0 fully saturated rings. The summed E-state index contributed by atoms with van der Waals surface area (Å²) in [5.74, 6) is -0.190. The Kier molecular flexibility index (Phi) is 7.65. The molecule has 1 N–H and O–H groups in total. The molecule has 4 aromatic carbocycles. The summed E-state index contributed by atoms with van der Waals surface area (Å²) in [5.41, 5.74) is 3.30. The molecule has 5 nitrogen and oxygen atoms in total. The lowest BCUT2D eigenvalue weighted by Gasteiger charge is -2.39. The fraction of sp³-hybridized carbons (Fsp3) is 0.125. The van der Waals surface area contributed by atoms with Gasteiger partial charge in [-0.1, -0.05) is 121 Å². The maximum Gasteiger partial charge on any atom is 0.266 e. The molecule has 0 unspecified atom stereocenters. The van der Waals surface area contributed by atoms with Gasteiger partial charge in [-0.3, -0.25) is 10.1 Å². The minimum Gasteiger partial charge on any atom is -0.375 e. The average Bonchev–Trinajstić information content (AvgIpc) is 3.52. The molecule has 5 rings (SSSR count). The number of carbonyl (C=O) groups is 1. The van der Waals surface area contributed by atoms with Crippen LogP contribution in [0.15, 0.2) is 140 Å². The van der Waals surface area contributed by atoms with Crippen LogP contribution in [-0.4, -0.2) is 28.3 Å². The lowest BCUT2D eigenvalue weighted by molar-refractivity contribution is 0.0612. The standard InChI is InChI=1S/C32H29N3O2/c36-31(35-23-13-22-33-35)30(25-37-24-26-14-5-1-6-15-26)34-32(27-16-7-2-8-17-27,28-18-9-3-10-19-28)29-20-11-4-12-21-29/h1-23,30,34H,24-25H2/t30-/m0/s1. The molecular weight excluding hydrogens is 458 g/mol. The van der Waals surface area contributed by atoms with Crippen molar-refractivity contribution in [3.8, 4) is 0 Å². The van der Waals surface area contributed by atoms with Gasteiger partial charge in [0, 0.05) is 12.4 Å². The van der Waals surface area contributed by atoms with E-state index in [4.69, 9.17) is 4.74 Å². The van der Waals surface area contributed by atoms with Crippen LogP contribution in [-0.2, 0) is 16.9 Å². The number of benzene rings is 4. The highest BCUT2D eigenvalue weighted by Gasteiger charge is 2.40.